The van der Waals surface area contributed by atoms with Crippen molar-refractivity contribution in [2.45, 2.75) is 32.4 Å². The molecule has 0 radical (unpaired) electrons. The quantitative estimate of drug-likeness (QED) is 0.693. The molecule has 88 valence electrons. The third-order valence-corrected chi connectivity index (χ3v) is 1.86. The Bertz CT molecular complexity index is 336. The number of nitrogens with one attached hydrogen (secondary N) is 1. The van der Waals surface area contributed by atoms with Gasteiger partial charge in [0.1, 0.15) is 6.10 Å². The van der Waals surface area contributed by atoms with Crippen LogP contribution in [0.25, 0.3) is 0 Å². The highest BCUT2D eigenvalue weighted by Gasteiger charge is 2.22. The second kappa shape index (κ2) is 5.89. The van der Waals surface area contributed by atoms with E-state index in [1.54, 1.807) is 0 Å². The van der Waals surface area contributed by atoms with Crippen LogP contribution in [0, 0.1) is 5.92 Å². The first-order chi connectivity index (χ1) is 6.50. The Kier molecular flexibility index (Phi) is 5.56. The number of hydrogen-bond acceptors (Lipinski definition) is 5. The molecule has 1 rings (SSSR count). The average Bonchev–Trinajstić information content (AvgIpc) is 2.49. The zero-order valence-corrected chi connectivity index (χ0v) is 9.45. The Labute approximate surface area is 93.3 Å². The summed E-state index contributed by atoms with van der Waals surface area (Å²) in [4.78, 5) is 10.6. The van der Waals surface area contributed by atoms with E-state index in [1.165, 1.54) is 0 Å². The highest BCUT2D eigenvalue weighted by Crippen LogP contribution is 2.16. The van der Waals surface area contributed by atoms with Gasteiger partial charge in [-0.05, 0) is 12.3 Å². The Morgan fingerprint density at radius 1 is 1.60 bits per heavy atom. The first-order valence-corrected chi connectivity index (χ1v) is 4.49. The molecule has 7 heteroatoms. The van der Waals surface area contributed by atoms with Crippen LogP contribution in [-0.2, 0) is 0 Å². The van der Waals surface area contributed by atoms with Crippen LogP contribution in [-0.4, -0.2) is 21.3 Å². The molecule has 0 aromatic carbocycles. The minimum absolute atomic E-state index is 0. The molecule has 1 aromatic rings. The smallest absolute Gasteiger partial charge is 0.390 e. The molecule has 0 saturated carbocycles. The van der Waals surface area contributed by atoms with Crippen molar-refractivity contribution in [3.63, 3.8) is 0 Å². The first-order valence-electron chi connectivity index (χ1n) is 4.49. The fraction of sp³-hybridized carbons (Fsp3) is 0.750. The number of hydrogen-bond donors (Lipinski definition) is 3. The van der Waals surface area contributed by atoms with Gasteiger partial charge in [-0.25, -0.2) is 9.89 Å². The molecule has 0 aliphatic heterocycles. The third-order valence-electron chi connectivity index (χ3n) is 1.86. The minimum atomic E-state index is -1.03. The van der Waals surface area contributed by atoms with E-state index in [2.05, 4.69) is 14.6 Å². The SMILES string of the molecule is CC(C)C[C@H](N)C(O)c1n[nH]c(=O)o1.Cl. The van der Waals surface area contributed by atoms with Crippen molar-refractivity contribution in [1.29, 1.82) is 0 Å². The topological polar surface area (TPSA) is 105 Å². The summed E-state index contributed by atoms with van der Waals surface area (Å²) < 4.78 is 4.60. The lowest BCUT2D eigenvalue weighted by Gasteiger charge is -2.17. The van der Waals surface area contributed by atoms with Gasteiger partial charge in [0.25, 0.3) is 0 Å². The standard InChI is InChI=1S/C8H15N3O3.ClH/c1-4(2)3-5(9)6(12)7-10-11-8(13)14-7;/h4-6,12H,3,9H2,1-2H3,(H,11,13);1H/t5-,6?;/m0./s1. The number of aliphatic hydroxyl groups is 1. The summed E-state index contributed by atoms with van der Waals surface area (Å²) in [5, 5.41) is 15.2. The molecule has 1 aromatic heterocycles. The van der Waals surface area contributed by atoms with Crippen LogP contribution < -0.4 is 11.5 Å². The van der Waals surface area contributed by atoms with Gasteiger partial charge in [-0.3, -0.25) is 0 Å². The van der Waals surface area contributed by atoms with Gasteiger partial charge in [0.05, 0.1) is 0 Å². The highest BCUT2D eigenvalue weighted by molar-refractivity contribution is 5.85. The van der Waals surface area contributed by atoms with Crippen LogP contribution in [0.5, 0.6) is 0 Å². The summed E-state index contributed by atoms with van der Waals surface area (Å²) >= 11 is 0. The predicted octanol–water partition coefficient (Wildman–Crippen LogP) is 0.191. The Hall–Kier alpha value is -0.850. The van der Waals surface area contributed by atoms with Crippen LogP contribution in [0.1, 0.15) is 32.3 Å². The summed E-state index contributed by atoms with van der Waals surface area (Å²) in [6, 6.07) is -0.471. The molecule has 1 unspecified atom stereocenters. The molecule has 4 N–H and O–H groups in total. The molecule has 0 spiro atoms. The molecule has 0 bridgehead atoms. The number of aliphatic hydroxyl groups excluding tert-OH is 1. The Balaban J connectivity index is 0.00000196. The van der Waals surface area contributed by atoms with Gasteiger partial charge in [0.15, 0.2) is 0 Å². The van der Waals surface area contributed by atoms with Gasteiger partial charge < -0.3 is 15.3 Å². The summed E-state index contributed by atoms with van der Waals surface area (Å²) in [6.07, 6.45) is -0.395. The zero-order valence-electron chi connectivity index (χ0n) is 8.64. The van der Waals surface area contributed by atoms with Crippen LogP contribution in [0.4, 0.5) is 0 Å². The molecule has 0 fully saturated rings. The van der Waals surface area contributed by atoms with Crippen molar-refractivity contribution in [2.75, 3.05) is 0 Å². The molecular formula is C8H16ClN3O3. The van der Waals surface area contributed by atoms with Crippen molar-refractivity contribution >= 4 is 12.4 Å². The zero-order chi connectivity index (χ0) is 10.7. The van der Waals surface area contributed by atoms with Gasteiger partial charge in [-0.2, -0.15) is 0 Å². The van der Waals surface area contributed by atoms with Gasteiger partial charge in [0, 0.05) is 6.04 Å². The highest BCUT2D eigenvalue weighted by atomic mass is 35.5. The van der Waals surface area contributed by atoms with E-state index in [4.69, 9.17) is 5.73 Å². The number of aromatic amines is 1. The monoisotopic (exact) mass is 237 g/mol. The van der Waals surface area contributed by atoms with Gasteiger partial charge in [-0.1, -0.05) is 13.8 Å². The van der Waals surface area contributed by atoms with E-state index < -0.39 is 17.9 Å². The molecule has 0 aliphatic rings. The fourth-order valence-corrected chi connectivity index (χ4v) is 1.22. The van der Waals surface area contributed by atoms with Crippen LogP contribution >= 0.6 is 12.4 Å². The maximum absolute atomic E-state index is 10.6. The Morgan fingerprint density at radius 3 is 2.60 bits per heavy atom. The molecule has 2 atom stereocenters. The van der Waals surface area contributed by atoms with E-state index in [9.17, 15) is 9.90 Å². The normalized spacial score (nSPS) is 14.7. The van der Waals surface area contributed by atoms with E-state index in [0.717, 1.165) is 0 Å². The number of aromatic nitrogens is 2. The molecular weight excluding hydrogens is 222 g/mol. The molecule has 0 saturated heterocycles. The summed E-state index contributed by atoms with van der Waals surface area (Å²) in [7, 11) is 0. The van der Waals surface area contributed by atoms with Crippen LogP contribution in [0.2, 0.25) is 0 Å². The summed E-state index contributed by atoms with van der Waals surface area (Å²) in [5.74, 6) is -0.371. The lowest BCUT2D eigenvalue weighted by Crippen LogP contribution is -2.30. The van der Waals surface area contributed by atoms with Gasteiger partial charge in [-0.15, -0.1) is 17.5 Å². The van der Waals surface area contributed by atoms with Crippen molar-refractivity contribution in [3.05, 3.63) is 16.4 Å². The van der Waals surface area contributed by atoms with E-state index >= 15 is 0 Å². The van der Waals surface area contributed by atoms with Crippen molar-refractivity contribution in [3.8, 4) is 0 Å². The molecule has 6 nitrogen and oxygen atoms in total. The molecule has 0 aliphatic carbocycles. The van der Waals surface area contributed by atoms with E-state index in [1.807, 2.05) is 13.8 Å². The largest absolute Gasteiger partial charge is 0.434 e. The minimum Gasteiger partial charge on any atom is -0.390 e. The molecule has 1 heterocycles. The van der Waals surface area contributed by atoms with Crippen molar-refractivity contribution in [1.82, 2.24) is 10.2 Å². The predicted molar refractivity (Wildman–Crippen MR) is 56.8 cm³/mol. The first kappa shape index (κ1) is 14.2. The van der Waals surface area contributed by atoms with E-state index in [0.29, 0.717) is 12.3 Å². The average molecular weight is 238 g/mol. The van der Waals surface area contributed by atoms with Gasteiger partial charge in [0.2, 0.25) is 5.89 Å². The molecule has 15 heavy (non-hydrogen) atoms. The van der Waals surface area contributed by atoms with Crippen molar-refractivity contribution < 1.29 is 9.52 Å². The fourth-order valence-electron chi connectivity index (χ4n) is 1.22. The number of H-pyrrole nitrogens is 1. The van der Waals surface area contributed by atoms with Crippen LogP contribution in [0.15, 0.2) is 9.21 Å². The Morgan fingerprint density at radius 2 is 2.20 bits per heavy atom. The second-order valence-electron chi connectivity index (χ2n) is 3.69. The maximum Gasteiger partial charge on any atom is 0.434 e. The van der Waals surface area contributed by atoms with Crippen molar-refractivity contribution in [2.24, 2.45) is 11.7 Å². The third kappa shape index (κ3) is 4.03. The molecule has 0 amide bonds. The van der Waals surface area contributed by atoms with Gasteiger partial charge >= 0.3 is 5.76 Å². The van der Waals surface area contributed by atoms with E-state index in [-0.39, 0.29) is 18.3 Å². The number of halogens is 1. The lowest BCUT2D eigenvalue weighted by molar-refractivity contribution is 0.105. The number of nitrogens with zero attached hydrogens (tertiary/aromatic N) is 1. The number of rotatable bonds is 4. The maximum atomic E-state index is 10.6. The lowest BCUT2D eigenvalue weighted by atomic mass is 10.0. The second-order valence-corrected chi connectivity index (χ2v) is 3.69. The summed E-state index contributed by atoms with van der Waals surface area (Å²) in [6.45, 7) is 3.99. The number of nitrogens with two attached hydrogens (primary N) is 1. The summed E-state index contributed by atoms with van der Waals surface area (Å²) in [5.41, 5.74) is 5.69. The van der Waals surface area contributed by atoms with Crippen LogP contribution in [0.3, 0.4) is 0 Å².